The lowest BCUT2D eigenvalue weighted by molar-refractivity contribution is -0.141. The van der Waals surface area contributed by atoms with Crippen LogP contribution in [0, 0.1) is 5.92 Å². The first-order valence-corrected chi connectivity index (χ1v) is 8.41. The number of hydrogen-bond donors (Lipinski definition) is 1. The highest BCUT2D eigenvalue weighted by Gasteiger charge is 2.48. The van der Waals surface area contributed by atoms with E-state index in [1.54, 1.807) is 17.8 Å². The maximum atomic E-state index is 12.7. The van der Waals surface area contributed by atoms with Crippen molar-refractivity contribution in [3.8, 4) is 0 Å². The van der Waals surface area contributed by atoms with E-state index in [0.717, 1.165) is 12.8 Å². The number of carbonyl (C=O) groups is 2. The number of carboxylic acids is 1. The molecular formula is C14H13Cl2NO3S. The van der Waals surface area contributed by atoms with E-state index in [1.165, 1.54) is 17.0 Å². The first kappa shape index (κ1) is 15.0. The summed E-state index contributed by atoms with van der Waals surface area (Å²) in [5.74, 6) is -0.449. The van der Waals surface area contributed by atoms with E-state index < -0.39 is 12.0 Å². The van der Waals surface area contributed by atoms with Crippen LogP contribution in [0.5, 0.6) is 0 Å². The molecule has 1 saturated carbocycles. The van der Waals surface area contributed by atoms with Gasteiger partial charge in [0.1, 0.15) is 6.04 Å². The third kappa shape index (κ3) is 3.00. The normalized spacial score (nSPS) is 25.1. The van der Waals surface area contributed by atoms with Gasteiger partial charge in [0.05, 0.1) is 5.37 Å². The number of carboxylic acid groups (broad SMARTS) is 1. The molecule has 112 valence electrons. The van der Waals surface area contributed by atoms with Crippen molar-refractivity contribution in [2.24, 2.45) is 5.92 Å². The fourth-order valence-corrected chi connectivity index (χ4v) is 4.70. The van der Waals surface area contributed by atoms with Gasteiger partial charge in [-0.2, -0.15) is 0 Å². The molecule has 2 unspecified atom stereocenters. The summed E-state index contributed by atoms with van der Waals surface area (Å²) in [6.45, 7) is 0. The van der Waals surface area contributed by atoms with Crippen LogP contribution in [0.15, 0.2) is 18.2 Å². The molecule has 0 bridgehead atoms. The minimum absolute atomic E-state index is 0.0589. The van der Waals surface area contributed by atoms with Crippen molar-refractivity contribution >= 4 is 46.8 Å². The van der Waals surface area contributed by atoms with Gasteiger partial charge >= 0.3 is 5.97 Å². The minimum Gasteiger partial charge on any atom is -0.480 e. The lowest BCUT2D eigenvalue weighted by atomic mass is 10.1. The van der Waals surface area contributed by atoms with Crippen molar-refractivity contribution < 1.29 is 14.7 Å². The summed E-state index contributed by atoms with van der Waals surface area (Å²) < 4.78 is 0. The average molecular weight is 346 g/mol. The summed E-state index contributed by atoms with van der Waals surface area (Å²) in [5.41, 5.74) is 0.340. The Balaban J connectivity index is 1.93. The van der Waals surface area contributed by atoms with Crippen LogP contribution in [-0.4, -0.2) is 39.1 Å². The van der Waals surface area contributed by atoms with Crippen LogP contribution in [-0.2, 0) is 4.79 Å². The second-order valence-corrected chi connectivity index (χ2v) is 7.31. The molecule has 21 heavy (non-hydrogen) atoms. The van der Waals surface area contributed by atoms with Gasteiger partial charge in [-0.15, -0.1) is 11.8 Å². The van der Waals surface area contributed by atoms with Gasteiger partial charge in [-0.1, -0.05) is 23.2 Å². The second-order valence-electron chi connectivity index (χ2n) is 5.29. The van der Waals surface area contributed by atoms with E-state index in [2.05, 4.69) is 0 Å². The Morgan fingerprint density at radius 1 is 1.19 bits per heavy atom. The molecule has 0 spiro atoms. The summed E-state index contributed by atoms with van der Waals surface area (Å²) >= 11 is 13.4. The molecule has 4 nitrogen and oxygen atoms in total. The summed E-state index contributed by atoms with van der Waals surface area (Å²) in [4.78, 5) is 25.6. The van der Waals surface area contributed by atoms with Crippen molar-refractivity contribution in [3.05, 3.63) is 33.8 Å². The van der Waals surface area contributed by atoms with Gasteiger partial charge in [0, 0.05) is 21.4 Å². The molecule has 1 aromatic rings. The van der Waals surface area contributed by atoms with E-state index in [1.807, 2.05) is 0 Å². The van der Waals surface area contributed by atoms with Crippen molar-refractivity contribution in [3.63, 3.8) is 0 Å². The smallest absolute Gasteiger partial charge is 0.327 e. The summed E-state index contributed by atoms with van der Waals surface area (Å²) in [5, 5.41) is 10.0. The molecule has 2 atom stereocenters. The molecule has 7 heteroatoms. The van der Waals surface area contributed by atoms with Gasteiger partial charge in [0.2, 0.25) is 0 Å². The Hall–Kier alpha value is -0.910. The second kappa shape index (κ2) is 5.71. The first-order valence-electron chi connectivity index (χ1n) is 6.60. The lowest BCUT2D eigenvalue weighted by Crippen LogP contribution is -2.46. The summed E-state index contributed by atoms with van der Waals surface area (Å²) in [6.07, 6.45) is 2.09. The molecule has 1 saturated heterocycles. The quantitative estimate of drug-likeness (QED) is 0.912. The first-order chi connectivity index (χ1) is 9.97. The van der Waals surface area contributed by atoms with Crippen LogP contribution in [0.4, 0.5) is 0 Å². The molecule has 1 heterocycles. The Bertz CT molecular complexity index is 586. The number of halogens is 2. The zero-order valence-corrected chi connectivity index (χ0v) is 13.3. The van der Waals surface area contributed by atoms with Gasteiger partial charge in [0.15, 0.2) is 0 Å². The van der Waals surface area contributed by atoms with Crippen LogP contribution in [0.25, 0.3) is 0 Å². The van der Waals surface area contributed by atoms with Gasteiger partial charge in [0.25, 0.3) is 5.91 Å². The molecule has 0 aromatic heterocycles. The number of nitrogens with zero attached hydrogens (tertiary/aromatic N) is 1. The molecular weight excluding hydrogens is 333 g/mol. The Morgan fingerprint density at radius 3 is 2.33 bits per heavy atom. The monoisotopic (exact) mass is 345 g/mol. The maximum absolute atomic E-state index is 12.7. The van der Waals surface area contributed by atoms with Crippen molar-refractivity contribution in [1.29, 1.82) is 0 Å². The van der Waals surface area contributed by atoms with Gasteiger partial charge < -0.3 is 10.0 Å². The average Bonchev–Trinajstić information content (AvgIpc) is 3.15. The predicted octanol–water partition coefficient (Wildman–Crippen LogP) is 3.37. The molecule has 0 radical (unpaired) electrons. The van der Waals surface area contributed by atoms with Crippen LogP contribution < -0.4 is 0 Å². The van der Waals surface area contributed by atoms with Gasteiger partial charge in [-0.3, -0.25) is 4.79 Å². The number of aliphatic carboxylic acids is 1. The fraction of sp³-hybridized carbons (Fsp3) is 0.429. The number of rotatable bonds is 3. The highest BCUT2D eigenvalue weighted by molar-refractivity contribution is 8.00. The third-order valence-corrected chi connectivity index (χ3v) is 5.59. The van der Waals surface area contributed by atoms with E-state index in [9.17, 15) is 14.7 Å². The minimum atomic E-state index is -0.966. The standard InChI is InChI=1S/C14H13Cl2NO3S/c15-9-3-8(4-10(16)5-9)12(18)17-11(14(19)20)6-21-13(17)7-1-2-7/h3-5,7,11,13H,1-2,6H2,(H,19,20). The fourth-order valence-electron chi connectivity index (χ4n) is 2.55. The van der Waals surface area contributed by atoms with Crippen LogP contribution in [0.3, 0.4) is 0 Å². The number of thioether (sulfide) groups is 1. The predicted molar refractivity (Wildman–Crippen MR) is 83.0 cm³/mol. The lowest BCUT2D eigenvalue weighted by Gasteiger charge is -2.27. The largest absolute Gasteiger partial charge is 0.480 e. The van der Waals surface area contributed by atoms with E-state index >= 15 is 0 Å². The topological polar surface area (TPSA) is 57.6 Å². The SMILES string of the molecule is O=C(O)C1CSC(C2CC2)N1C(=O)c1cc(Cl)cc(Cl)c1. The van der Waals surface area contributed by atoms with E-state index in [4.69, 9.17) is 23.2 Å². The molecule has 2 aliphatic rings. The van der Waals surface area contributed by atoms with Crippen LogP contribution in [0.1, 0.15) is 23.2 Å². The van der Waals surface area contributed by atoms with Crippen molar-refractivity contribution in [1.82, 2.24) is 4.90 Å². The summed E-state index contributed by atoms with van der Waals surface area (Å²) in [6, 6.07) is 3.82. The zero-order chi connectivity index (χ0) is 15.1. The zero-order valence-electron chi connectivity index (χ0n) is 11.0. The molecule has 1 amide bonds. The molecule has 2 fully saturated rings. The van der Waals surface area contributed by atoms with E-state index in [-0.39, 0.29) is 11.3 Å². The van der Waals surface area contributed by atoms with Gasteiger partial charge in [-0.25, -0.2) is 4.79 Å². The Morgan fingerprint density at radius 2 is 1.81 bits per heavy atom. The van der Waals surface area contributed by atoms with Crippen molar-refractivity contribution in [2.45, 2.75) is 24.3 Å². The summed E-state index contributed by atoms with van der Waals surface area (Å²) in [7, 11) is 0. The molecule has 1 aliphatic carbocycles. The van der Waals surface area contributed by atoms with Gasteiger partial charge in [-0.05, 0) is 37.0 Å². The number of carbonyl (C=O) groups excluding carboxylic acids is 1. The Kier molecular flexibility index (Phi) is 4.08. The third-order valence-electron chi connectivity index (χ3n) is 3.69. The maximum Gasteiger partial charge on any atom is 0.327 e. The molecule has 1 aromatic carbocycles. The van der Waals surface area contributed by atoms with Crippen LogP contribution >= 0.6 is 35.0 Å². The number of benzene rings is 1. The van der Waals surface area contributed by atoms with E-state index in [0.29, 0.717) is 27.3 Å². The molecule has 1 N–H and O–H groups in total. The van der Waals surface area contributed by atoms with Crippen LogP contribution in [0.2, 0.25) is 10.0 Å². The number of hydrogen-bond acceptors (Lipinski definition) is 3. The molecule has 1 aliphatic heterocycles. The van der Waals surface area contributed by atoms with Crippen molar-refractivity contribution in [2.75, 3.05) is 5.75 Å². The highest BCUT2D eigenvalue weighted by Crippen LogP contribution is 2.46. The number of amides is 1. The Labute approximate surface area is 136 Å². The molecule has 3 rings (SSSR count). The highest BCUT2D eigenvalue weighted by atomic mass is 35.5.